The number of hydrogen-bond acceptors (Lipinski definition) is 3. The lowest BCUT2D eigenvalue weighted by Crippen LogP contribution is -2.42. The average molecular weight is 440 g/mol. The Kier molecular flexibility index (Phi) is 5.60. The largest absolute Gasteiger partial charge is 0.384 e. The summed E-state index contributed by atoms with van der Waals surface area (Å²) in [6.45, 7) is 0.541. The topological polar surface area (TPSA) is 110 Å². The Bertz CT molecular complexity index is 1350. The number of nitrogens with zero attached hydrogens (tertiary/aromatic N) is 1. The van der Waals surface area contributed by atoms with Crippen molar-refractivity contribution in [3.8, 4) is 0 Å². The molecular weight excluding hydrogens is 410 g/mol. The normalized spacial score (nSPS) is 18.5. The van der Waals surface area contributed by atoms with Crippen LogP contribution in [0.25, 0.3) is 21.7 Å². The summed E-state index contributed by atoms with van der Waals surface area (Å²) in [5, 5.41) is 14.4. The van der Waals surface area contributed by atoms with Gasteiger partial charge in [-0.05, 0) is 54.2 Å². The van der Waals surface area contributed by atoms with Crippen molar-refractivity contribution < 1.29 is 4.79 Å². The number of amidine groups is 1. The number of amides is 1. The molecule has 1 amide bonds. The van der Waals surface area contributed by atoms with Gasteiger partial charge in [-0.1, -0.05) is 54.6 Å². The number of fused-ring (bicyclic) bond motifs is 2. The Morgan fingerprint density at radius 2 is 1.85 bits per heavy atom. The second-order valence-corrected chi connectivity index (χ2v) is 9.04. The third-order valence-electron chi connectivity index (χ3n) is 6.71. The molecule has 0 spiro atoms. The molecule has 6 N–H and O–H groups in total. The van der Waals surface area contributed by atoms with Crippen molar-refractivity contribution in [2.75, 3.05) is 0 Å². The van der Waals surface area contributed by atoms with Crippen molar-refractivity contribution in [1.29, 1.82) is 5.41 Å². The van der Waals surface area contributed by atoms with Crippen molar-refractivity contribution in [3.05, 3.63) is 83.6 Å². The van der Waals surface area contributed by atoms with Crippen LogP contribution in [-0.4, -0.2) is 28.4 Å². The van der Waals surface area contributed by atoms with Crippen molar-refractivity contribution in [1.82, 2.24) is 9.88 Å². The lowest BCUT2D eigenvalue weighted by atomic mass is 9.91. The van der Waals surface area contributed by atoms with Crippen LogP contribution in [0.15, 0.2) is 66.7 Å². The quantitative estimate of drug-likeness (QED) is 0.277. The molecule has 1 fully saturated rings. The highest BCUT2D eigenvalue weighted by Gasteiger charge is 2.24. The zero-order chi connectivity index (χ0) is 22.9. The molecule has 0 aliphatic heterocycles. The number of carbonyl (C=O) groups is 1. The first-order valence-electron chi connectivity index (χ1n) is 11.5. The molecule has 1 aromatic heterocycles. The van der Waals surface area contributed by atoms with Crippen LogP contribution in [-0.2, 0) is 6.54 Å². The Labute approximate surface area is 193 Å². The SMILES string of the molecule is N=C(N)c1ccc2cc(C(=O)NC3CCCC(N)C3)n(Cc3cccc4ccccc34)c2c1. The van der Waals surface area contributed by atoms with Crippen LogP contribution in [0.4, 0.5) is 0 Å². The Morgan fingerprint density at radius 1 is 1.03 bits per heavy atom. The molecule has 2 atom stereocenters. The molecule has 1 aliphatic carbocycles. The van der Waals surface area contributed by atoms with Gasteiger partial charge in [-0.25, -0.2) is 0 Å². The highest BCUT2D eigenvalue weighted by Crippen LogP contribution is 2.26. The molecule has 6 nitrogen and oxygen atoms in total. The summed E-state index contributed by atoms with van der Waals surface area (Å²) >= 11 is 0. The number of hydrogen-bond donors (Lipinski definition) is 4. The minimum Gasteiger partial charge on any atom is -0.384 e. The molecule has 0 radical (unpaired) electrons. The zero-order valence-corrected chi connectivity index (χ0v) is 18.6. The van der Waals surface area contributed by atoms with E-state index in [-0.39, 0.29) is 23.8 Å². The van der Waals surface area contributed by atoms with Gasteiger partial charge >= 0.3 is 0 Å². The van der Waals surface area contributed by atoms with Crippen LogP contribution >= 0.6 is 0 Å². The smallest absolute Gasteiger partial charge is 0.268 e. The van der Waals surface area contributed by atoms with Gasteiger partial charge in [0.15, 0.2) is 0 Å². The van der Waals surface area contributed by atoms with E-state index in [0.29, 0.717) is 17.8 Å². The molecule has 33 heavy (non-hydrogen) atoms. The van der Waals surface area contributed by atoms with Crippen molar-refractivity contribution in [2.24, 2.45) is 11.5 Å². The standard InChI is InChI=1S/C27H29N5O/c28-21-8-4-9-22(15-21)31-27(33)25-13-18-11-12-19(26(29)30)14-24(18)32(25)16-20-7-3-6-17-5-1-2-10-23(17)20/h1-3,5-7,10-14,21-22H,4,8-9,15-16,28H2,(H3,29,30)(H,31,33). The number of aromatic nitrogens is 1. The number of benzene rings is 3. The molecule has 5 rings (SSSR count). The van der Waals surface area contributed by atoms with Crippen molar-refractivity contribution in [2.45, 2.75) is 44.3 Å². The first-order valence-corrected chi connectivity index (χ1v) is 11.5. The zero-order valence-electron chi connectivity index (χ0n) is 18.6. The van der Waals surface area contributed by atoms with E-state index < -0.39 is 0 Å². The second kappa shape index (κ2) is 8.71. The third-order valence-corrected chi connectivity index (χ3v) is 6.71. The predicted octanol–water partition coefficient (Wildman–Crippen LogP) is 4.13. The fourth-order valence-electron chi connectivity index (χ4n) is 5.00. The summed E-state index contributed by atoms with van der Waals surface area (Å²) in [7, 11) is 0. The summed E-state index contributed by atoms with van der Waals surface area (Å²) in [4.78, 5) is 13.4. The number of nitrogens with one attached hydrogen (secondary N) is 2. The first kappa shape index (κ1) is 21.2. The van der Waals surface area contributed by atoms with Gasteiger partial charge in [0.2, 0.25) is 0 Å². The highest BCUT2D eigenvalue weighted by molar-refractivity contribution is 6.02. The van der Waals surface area contributed by atoms with Crippen LogP contribution in [0, 0.1) is 5.41 Å². The van der Waals surface area contributed by atoms with Crippen molar-refractivity contribution >= 4 is 33.4 Å². The molecule has 4 aromatic rings. The molecular formula is C27H29N5O. The maximum atomic E-state index is 13.4. The Hall–Kier alpha value is -3.64. The monoisotopic (exact) mass is 439 g/mol. The summed E-state index contributed by atoms with van der Waals surface area (Å²) in [6, 6.07) is 22.4. The summed E-state index contributed by atoms with van der Waals surface area (Å²) < 4.78 is 2.04. The number of carbonyl (C=O) groups excluding carboxylic acids is 1. The van der Waals surface area contributed by atoms with Crippen LogP contribution < -0.4 is 16.8 Å². The molecule has 2 unspecified atom stereocenters. The number of nitrogen functional groups attached to an aromatic ring is 1. The van der Waals surface area contributed by atoms with Crippen LogP contribution in [0.3, 0.4) is 0 Å². The predicted molar refractivity (Wildman–Crippen MR) is 134 cm³/mol. The lowest BCUT2D eigenvalue weighted by Gasteiger charge is -2.27. The first-order chi connectivity index (χ1) is 16.0. The average Bonchev–Trinajstić information content (AvgIpc) is 3.17. The summed E-state index contributed by atoms with van der Waals surface area (Å²) in [5.74, 6) is -0.0769. The molecule has 1 heterocycles. The fourth-order valence-corrected chi connectivity index (χ4v) is 5.00. The molecule has 3 aromatic carbocycles. The third kappa shape index (κ3) is 4.22. The molecule has 1 saturated carbocycles. The minimum atomic E-state index is -0.0880. The summed E-state index contributed by atoms with van der Waals surface area (Å²) in [6.07, 6.45) is 3.82. The van der Waals surface area contributed by atoms with E-state index in [4.69, 9.17) is 16.9 Å². The van der Waals surface area contributed by atoms with Gasteiger partial charge < -0.3 is 21.4 Å². The van der Waals surface area contributed by atoms with Crippen LogP contribution in [0.2, 0.25) is 0 Å². The maximum absolute atomic E-state index is 13.4. The van der Waals surface area contributed by atoms with E-state index in [1.807, 2.05) is 47.0 Å². The van der Waals surface area contributed by atoms with Gasteiger partial charge in [0, 0.05) is 35.1 Å². The fraction of sp³-hybridized carbons (Fsp3) is 0.259. The van der Waals surface area contributed by atoms with Crippen LogP contribution in [0.5, 0.6) is 0 Å². The molecule has 0 bridgehead atoms. The lowest BCUT2D eigenvalue weighted by molar-refractivity contribution is 0.0917. The van der Waals surface area contributed by atoms with E-state index in [1.165, 1.54) is 0 Å². The molecule has 1 aliphatic rings. The van der Waals surface area contributed by atoms with Crippen molar-refractivity contribution in [3.63, 3.8) is 0 Å². The molecule has 168 valence electrons. The Balaban J connectivity index is 1.59. The summed E-state index contributed by atoms with van der Waals surface area (Å²) in [5.41, 5.74) is 15.2. The van der Waals surface area contributed by atoms with Gasteiger partial charge in [0.25, 0.3) is 5.91 Å². The van der Waals surface area contributed by atoms with Crippen LogP contribution in [0.1, 0.15) is 47.3 Å². The van der Waals surface area contributed by atoms with Gasteiger partial charge in [0.05, 0.1) is 0 Å². The number of nitrogens with two attached hydrogens (primary N) is 2. The second-order valence-electron chi connectivity index (χ2n) is 9.04. The Morgan fingerprint density at radius 3 is 2.67 bits per heavy atom. The molecule has 6 heteroatoms. The van der Waals surface area contributed by atoms with E-state index in [9.17, 15) is 4.79 Å². The van der Waals surface area contributed by atoms with Gasteiger partial charge in [0.1, 0.15) is 11.5 Å². The van der Waals surface area contributed by atoms with E-state index >= 15 is 0 Å². The van der Waals surface area contributed by atoms with Gasteiger partial charge in [-0.2, -0.15) is 0 Å². The highest BCUT2D eigenvalue weighted by atomic mass is 16.2. The van der Waals surface area contributed by atoms with Gasteiger partial charge in [-0.15, -0.1) is 0 Å². The van der Waals surface area contributed by atoms with E-state index in [2.05, 4.69) is 29.6 Å². The van der Waals surface area contributed by atoms with Gasteiger partial charge in [-0.3, -0.25) is 10.2 Å². The molecule has 0 saturated heterocycles. The maximum Gasteiger partial charge on any atom is 0.268 e. The number of rotatable bonds is 5. The minimum absolute atomic E-state index is 0.0111. The van der Waals surface area contributed by atoms with E-state index in [0.717, 1.165) is 52.9 Å². The van der Waals surface area contributed by atoms with E-state index in [1.54, 1.807) is 0 Å².